The molecule has 0 aliphatic carbocycles. The summed E-state index contributed by atoms with van der Waals surface area (Å²) in [6.45, 7) is 5.57. The Labute approximate surface area is 120 Å². The van der Waals surface area contributed by atoms with Crippen molar-refractivity contribution in [2.75, 3.05) is 0 Å². The van der Waals surface area contributed by atoms with E-state index in [0.717, 1.165) is 15.8 Å². The first-order chi connectivity index (χ1) is 8.97. The third-order valence-electron chi connectivity index (χ3n) is 2.80. The Hall–Kier alpha value is -1.62. The summed E-state index contributed by atoms with van der Waals surface area (Å²) in [5, 5.41) is 2.88. The highest BCUT2D eigenvalue weighted by molar-refractivity contribution is 9.10. The second-order valence-electron chi connectivity index (χ2n) is 4.46. The van der Waals surface area contributed by atoms with Crippen LogP contribution in [0, 0.1) is 13.8 Å². The number of rotatable bonds is 3. The number of carbonyl (C=O) groups excluding carboxylic acids is 1. The van der Waals surface area contributed by atoms with Crippen molar-refractivity contribution in [3.05, 3.63) is 51.6 Å². The van der Waals surface area contributed by atoms with Crippen LogP contribution in [0.5, 0.6) is 0 Å². The van der Waals surface area contributed by atoms with Gasteiger partial charge < -0.3 is 9.73 Å². The number of carbonyl (C=O) groups is 1. The highest BCUT2D eigenvalue weighted by Crippen LogP contribution is 2.18. The minimum Gasteiger partial charge on any atom is -0.444 e. The number of halogens is 1. The average molecular weight is 323 g/mol. The van der Waals surface area contributed by atoms with E-state index in [1.54, 1.807) is 12.3 Å². The summed E-state index contributed by atoms with van der Waals surface area (Å²) in [5.74, 6) is 1.11. The number of oxazole rings is 1. The quantitative estimate of drug-likeness (QED) is 0.940. The molecule has 5 heteroatoms. The third-order valence-corrected chi connectivity index (χ3v) is 3.29. The molecule has 2 rings (SSSR count). The first kappa shape index (κ1) is 13.8. The van der Waals surface area contributed by atoms with Crippen LogP contribution < -0.4 is 5.32 Å². The number of benzene rings is 1. The number of nitrogens with zero attached hydrogens (tertiary/aromatic N) is 1. The summed E-state index contributed by atoms with van der Waals surface area (Å²) in [5.41, 5.74) is 1.57. The maximum absolute atomic E-state index is 12.2. The van der Waals surface area contributed by atoms with E-state index in [-0.39, 0.29) is 11.9 Å². The minimum atomic E-state index is -0.264. The van der Waals surface area contributed by atoms with Crippen LogP contribution in [0.25, 0.3) is 0 Å². The van der Waals surface area contributed by atoms with Gasteiger partial charge >= 0.3 is 0 Å². The molecule has 1 aromatic heterocycles. The largest absolute Gasteiger partial charge is 0.444 e. The van der Waals surface area contributed by atoms with Crippen molar-refractivity contribution in [3.63, 3.8) is 0 Å². The topological polar surface area (TPSA) is 55.1 Å². The Morgan fingerprint density at radius 2 is 2.16 bits per heavy atom. The molecular formula is C14H15BrN2O2. The van der Waals surface area contributed by atoms with Gasteiger partial charge in [0.1, 0.15) is 11.8 Å². The number of hydrogen-bond acceptors (Lipinski definition) is 3. The van der Waals surface area contributed by atoms with E-state index in [1.165, 1.54) is 0 Å². The van der Waals surface area contributed by atoms with Gasteiger partial charge in [-0.25, -0.2) is 4.98 Å². The lowest BCUT2D eigenvalue weighted by Crippen LogP contribution is -2.27. The molecule has 0 saturated carbocycles. The highest BCUT2D eigenvalue weighted by atomic mass is 79.9. The van der Waals surface area contributed by atoms with Gasteiger partial charge in [0.05, 0.1) is 6.20 Å². The maximum atomic E-state index is 12.2. The van der Waals surface area contributed by atoms with Crippen molar-refractivity contribution in [1.29, 1.82) is 0 Å². The Balaban J connectivity index is 2.15. The van der Waals surface area contributed by atoms with Crippen LogP contribution in [-0.2, 0) is 0 Å². The summed E-state index contributed by atoms with van der Waals surface area (Å²) in [6, 6.07) is 5.35. The molecule has 100 valence electrons. The first-order valence-electron chi connectivity index (χ1n) is 5.96. The van der Waals surface area contributed by atoms with E-state index >= 15 is 0 Å². The molecule has 1 unspecified atom stereocenters. The van der Waals surface area contributed by atoms with Gasteiger partial charge in [0.2, 0.25) is 5.89 Å². The third kappa shape index (κ3) is 3.23. The van der Waals surface area contributed by atoms with Crippen molar-refractivity contribution in [3.8, 4) is 0 Å². The summed E-state index contributed by atoms with van der Waals surface area (Å²) in [4.78, 5) is 16.3. The smallest absolute Gasteiger partial charge is 0.252 e. The van der Waals surface area contributed by atoms with Gasteiger partial charge in [-0.15, -0.1) is 0 Å². The van der Waals surface area contributed by atoms with E-state index < -0.39 is 0 Å². The van der Waals surface area contributed by atoms with Gasteiger partial charge in [-0.1, -0.05) is 22.0 Å². The predicted molar refractivity (Wildman–Crippen MR) is 76.0 cm³/mol. The second kappa shape index (κ2) is 5.57. The van der Waals surface area contributed by atoms with Crippen molar-refractivity contribution >= 4 is 21.8 Å². The lowest BCUT2D eigenvalue weighted by Gasteiger charge is -2.12. The van der Waals surface area contributed by atoms with Gasteiger partial charge in [-0.3, -0.25) is 4.79 Å². The van der Waals surface area contributed by atoms with Crippen LogP contribution in [-0.4, -0.2) is 10.9 Å². The Kier molecular flexibility index (Phi) is 4.04. The van der Waals surface area contributed by atoms with E-state index in [9.17, 15) is 4.79 Å². The van der Waals surface area contributed by atoms with Gasteiger partial charge in [0.25, 0.3) is 5.91 Å². The molecule has 4 nitrogen and oxygen atoms in total. The molecule has 1 heterocycles. The van der Waals surface area contributed by atoms with Gasteiger partial charge in [-0.05, 0) is 38.5 Å². The fourth-order valence-electron chi connectivity index (χ4n) is 1.75. The summed E-state index contributed by atoms with van der Waals surface area (Å²) in [7, 11) is 0. The zero-order chi connectivity index (χ0) is 14.0. The molecule has 1 atom stereocenters. The average Bonchev–Trinajstić information content (AvgIpc) is 2.79. The standard InChI is InChI=1S/C14H15BrN2O2/c1-8-4-5-11(15)6-12(8)13(18)17-10(3)14-16-7-9(2)19-14/h4-7,10H,1-3H3,(H,17,18). The summed E-state index contributed by atoms with van der Waals surface area (Å²) in [6.07, 6.45) is 1.64. The monoisotopic (exact) mass is 322 g/mol. The molecule has 0 radical (unpaired) electrons. The highest BCUT2D eigenvalue weighted by Gasteiger charge is 2.16. The molecule has 0 fully saturated rings. The molecule has 0 aliphatic rings. The molecule has 0 bridgehead atoms. The van der Waals surface area contributed by atoms with Crippen molar-refractivity contribution in [2.24, 2.45) is 0 Å². The number of amides is 1. The molecule has 0 spiro atoms. The molecule has 1 N–H and O–H groups in total. The minimum absolute atomic E-state index is 0.137. The van der Waals surface area contributed by atoms with Crippen LogP contribution in [0.3, 0.4) is 0 Å². The lowest BCUT2D eigenvalue weighted by atomic mass is 10.1. The van der Waals surface area contributed by atoms with Crippen molar-refractivity contribution < 1.29 is 9.21 Å². The van der Waals surface area contributed by atoms with Crippen LogP contribution in [0.15, 0.2) is 33.3 Å². The van der Waals surface area contributed by atoms with E-state index in [0.29, 0.717) is 11.5 Å². The van der Waals surface area contributed by atoms with Crippen LogP contribution in [0.2, 0.25) is 0 Å². The van der Waals surface area contributed by atoms with Crippen LogP contribution >= 0.6 is 15.9 Å². The molecule has 2 aromatic rings. The van der Waals surface area contributed by atoms with Crippen LogP contribution in [0.1, 0.15) is 40.5 Å². The zero-order valence-corrected chi connectivity index (χ0v) is 12.6. The van der Waals surface area contributed by atoms with Crippen molar-refractivity contribution in [2.45, 2.75) is 26.8 Å². The van der Waals surface area contributed by atoms with E-state index in [2.05, 4.69) is 26.2 Å². The van der Waals surface area contributed by atoms with Gasteiger partial charge in [0.15, 0.2) is 0 Å². The fraction of sp³-hybridized carbons (Fsp3) is 0.286. The van der Waals surface area contributed by atoms with Crippen molar-refractivity contribution in [1.82, 2.24) is 10.3 Å². The maximum Gasteiger partial charge on any atom is 0.252 e. The Morgan fingerprint density at radius 1 is 1.42 bits per heavy atom. The zero-order valence-electron chi connectivity index (χ0n) is 11.0. The Morgan fingerprint density at radius 3 is 2.79 bits per heavy atom. The predicted octanol–water partition coefficient (Wildman–Crippen LogP) is 3.54. The number of aromatic nitrogens is 1. The van der Waals surface area contributed by atoms with Crippen LogP contribution in [0.4, 0.5) is 0 Å². The molecule has 19 heavy (non-hydrogen) atoms. The summed E-state index contributed by atoms with van der Waals surface area (Å²) >= 11 is 3.37. The first-order valence-corrected chi connectivity index (χ1v) is 6.76. The molecular weight excluding hydrogens is 308 g/mol. The van der Waals surface area contributed by atoms with E-state index in [4.69, 9.17) is 4.42 Å². The molecule has 0 saturated heterocycles. The Bertz CT molecular complexity index is 607. The lowest BCUT2D eigenvalue weighted by molar-refractivity contribution is 0.0933. The number of hydrogen-bond donors (Lipinski definition) is 1. The number of nitrogens with one attached hydrogen (secondary N) is 1. The fourth-order valence-corrected chi connectivity index (χ4v) is 2.11. The molecule has 1 aromatic carbocycles. The van der Waals surface area contributed by atoms with Gasteiger partial charge in [-0.2, -0.15) is 0 Å². The summed E-state index contributed by atoms with van der Waals surface area (Å²) < 4.78 is 6.28. The van der Waals surface area contributed by atoms with E-state index in [1.807, 2.05) is 32.9 Å². The molecule has 1 amide bonds. The molecule has 0 aliphatic heterocycles. The second-order valence-corrected chi connectivity index (χ2v) is 5.38. The van der Waals surface area contributed by atoms with Gasteiger partial charge in [0, 0.05) is 10.0 Å². The number of aryl methyl sites for hydroxylation is 2. The normalized spacial score (nSPS) is 12.2. The SMILES string of the molecule is Cc1cnc(C(C)NC(=O)c2cc(Br)ccc2C)o1.